The van der Waals surface area contributed by atoms with Crippen LogP contribution < -0.4 is 5.73 Å². The molecule has 96 valence electrons. The van der Waals surface area contributed by atoms with Gasteiger partial charge in [0, 0.05) is 13.5 Å². The van der Waals surface area contributed by atoms with E-state index in [4.69, 9.17) is 10.7 Å². The Balaban J connectivity index is 2.06. The molecular formula is C14H25N3. The zero-order valence-corrected chi connectivity index (χ0v) is 11.2. The highest BCUT2D eigenvalue weighted by Gasteiger charge is 2.18. The number of rotatable bonds is 4. The summed E-state index contributed by atoms with van der Waals surface area (Å²) < 4.78 is 2.07. The summed E-state index contributed by atoms with van der Waals surface area (Å²) in [7, 11) is 2.04. The second-order valence-corrected chi connectivity index (χ2v) is 5.38. The lowest BCUT2D eigenvalue weighted by atomic mass is 9.86. The van der Waals surface area contributed by atoms with E-state index in [2.05, 4.69) is 11.5 Å². The molecule has 2 rings (SSSR count). The van der Waals surface area contributed by atoms with E-state index in [1.807, 2.05) is 7.05 Å². The van der Waals surface area contributed by atoms with Gasteiger partial charge in [0.1, 0.15) is 11.6 Å². The molecule has 3 nitrogen and oxygen atoms in total. The van der Waals surface area contributed by atoms with Gasteiger partial charge in [-0.15, -0.1) is 0 Å². The lowest BCUT2D eigenvalue weighted by Crippen LogP contribution is -2.11. The molecular weight excluding hydrogens is 210 g/mol. The van der Waals surface area contributed by atoms with Crippen molar-refractivity contribution in [3.8, 4) is 0 Å². The minimum atomic E-state index is 0.815. The van der Waals surface area contributed by atoms with Crippen molar-refractivity contribution < 1.29 is 0 Å². The van der Waals surface area contributed by atoms with Crippen molar-refractivity contribution in [2.75, 3.05) is 5.73 Å². The fourth-order valence-corrected chi connectivity index (χ4v) is 2.88. The minimum absolute atomic E-state index is 0.815. The van der Waals surface area contributed by atoms with Gasteiger partial charge < -0.3 is 10.3 Å². The van der Waals surface area contributed by atoms with Gasteiger partial charge in [0.15, 0.2) is 0 Å². The Bertz CT molecular complexity index is 362. The van der Waals surface area contributed by atoms with Crippen molar-refractivity contribution >= 4 is 5.82 Å². The average Bonchev–Trinajstić information content (AvgIpc) is 2.60. The van der Waals surface area contributed by atoms with E-state index < -0.39 is 0 Å². The minimum Gasteiger partial charge on any atom is -0.384 e. The van der Waals surface area contributed by atoms with Crippen LogP contribution in [0.25, 0.3) is 0 Å². The molecule has 0 radical (unpaired) electrons. The van der Waals surface area contributed by atoms with Crippen LogP contribution in [-0.2, 0) is 19.9 Å². The zero-order valence-electron chi connectivity index (χ0n) is 11.2. The number of nitrogens with two attached hydrogens (primary N) is 1. The van der Waals surface area contributed by atoms with Crippen LogP contribution >= 0.6 is 0 Å². The summed E-state index contributed by atoms with van der Waals surface area (Å²) in [5.74, 6) is 2.85. The molecule has 1 aliphatic carbocycles. The third-order valence-electron chi connectivity index (χ3n) is 3.99. The second kappa shape index (κ2) is 5.56. The molecule has 1 saturated carbocycles. The zero-order chi connectivity index (χ0) is 12.3. The molecule has 1 aromatic heterocycles. The number of aromatic nitrogens is 2. The Morgan fingerprint density at radius 2 is 2.00 bits per heavy atom. The molecule has 0 bridgehead atoms. The Hall–Kier alpha value is -0.990. The van der Waals surface area contributed by atoms with Crippen LogP contribution in [0.3, 0.4) is 0 Å². The van der Waals surface area contributed by atoms with E-state index >= 15 is 0 Å². The molecule has 1 aliphatic rings. The summed E-state index contributed by atoms with van der Waals surface area (Å²) in [6.45, 7) is 2.19. The highest BCUT2D eigenvalue weighted by atomic mass is 15.1. The van der Waals surface area contributed by atoms with Crippen molar-refractivity contribution in [2.24, 2.45) is 13.0 Å². The van der Waals surface area contributed by atoms with Gasteiger partial charge in [-0.2, -0.15) is 0 Å². The Kier molecular flexibility index (Phi) is 4.08. The number of hydrogen-bond acceptors (Lipinski definition) is 2. The van der Waals surface area contributed by atoms with Crippen molar-refractivity contribution in [1.82, 2.24) is 9.55 Å². The summed E-state index contributed by atoms with van der Waals surface area (Å²) in [5.41, 5.74) is 7.29. The molecule has 17 heavy (non-hydrogen) atoms. The van der Waals surface area contributed by atoms with E-state index in [0.29, 0.717) is 0 Å². The van der Waals surface area contributed by atoms with Crippen molar-refractivity contribution in [1.29, 1.82) is 0 Å². The van der Waals surface area contributed by atoms with Crippen LogP contribution in [0, 0.1) is 5.92 Å². The number of nitrogens with zero attached hydrogens (tertiary/aromatic N) is 2. The summed E-state index contributed by atoms with van der Waals surface area (Å²) in [5, 5.41) is 0. The van der Waals surface area contributed by atoms with Gasteiger partial charge in [0.25, 0.3) is 0 Å². The van der Waals surface area contributed by atoms with Crippen molar-refractivity contribution in [3.63, 3.8) is 0 Å². The van der Waals surface area contributed by atoms with Crippen LogP contribution in [0.15, 0.2) is 0 Å². The number of anilines is 1. The molecule has 0 unspecified atom stereocenters. The van der Waals surface area contributed by atoms with E-state index in [1.54, 1.807) is 0 Å². The number of hydrogen-bond donors (Lipinski definition) is 1. The van der Waals surface area contributed by atoms with Gasteiger partial charge in [0.05, 0.1) is 5.69 Å². The maximum absolute atomic E-state index is 6.15. The summed E-state index contributed by atoms with van der Waals surface area (Å²) in [4.78, 5) is 4.73. The summed E-state index contributed by atoms with van der Waals surface area (Å²) >= 11 is 0. The molecule has 0 amide bonds. The van der Waals surface area contributed by atoms with Gasteiger partial charge in [-0.3, -0.25) is 0 Å². The third-order valence-corrected chi connectivity index (χ3v) is 3.99. The molecule has 1 aromatic rings. The maximum atomic E-state index is 6.15. The first kappa shape index (κ1) is 12.5. The van der Waals surface area contributed by atoms with Gasteiger partial charge >= 0.3 is 0 Å². The molecule has 0 atom stereocenters. The van der Waals surface area contributed by atoms with Crippen LogP contribution in [0.1, 0.15) is 57.0 Å². The molecule has 2 N–H and O–H groups in total. The lowest BCUT2D eigenvalue weighted by molar-refractivity contribution is 0.355. The Morgan fingerprint density at radius 3 is 2.65 bits per heavy atom. The fourth-order valence-electron chi connectivity index (χ4n) is 2.88. The highest BCUT2D eigenvalue weighted by Crippen LogP contribution is 2.28. The first-order chi connectivity index (χ1) is 8.22. The van der Waals surface area contributed by atoms with Gasteiger partial charge in [-0.05, 0) is 18.8 Å². The molecule has 0 aliphatic heterocycles. The first-order valence-electron chi connectivity index (χ1n) is 7.02. The van der Waals surface area contributed by atoms with Gasteiger partial charge in [-0.25, -0.2) is 4.98 Å². The average molecular weight is 235 g/mol. The fraction of sp³-hybridized carbons (Fsp3) is 0.786. The molecule has 1 fully saturated rings. The van der Waals surface area contributed by atoms with Crippen LogP contribution in [0.2, 0.25) is 0 Å². The van der Waals surface area contributed by atoms with E-state index in [9.17, 15) is 0 Å². The van der Waals surface area contributed by atoms with E-state index in [0.717, 1.165) is 42.5 Å². The predicted molar refractivity (Wildman–Crippen MR) is 71.9 cm³/mol. The molecule has 1 heterocycles. The van der Waals surface area contributed by atoms with Crippen molar-refractivity contribution in [2.45, 2.75) is 58.3 Å². The normalized spacial score (nSPS) is 17.5. The van der Waals surface area contributed by atoms with Gasteiger partial charge in [0.2, 0.25) is 0 Å². The largest absolute Gasteiger partial charge is 0.384 e. The third kappa shape index (κ3) is 2.82. The standard InChI is InChI=1S/C14H25N3/c1-3-7-13-16-12(14(15)17(13)2)10-11-8-5-4-6-9-11/h11H,3-10,15H2,1-2H3. The molecule has 0 spiro atoms. The quantitative estimate of drug-likeness (QED) is 0.871. The highest BCUT2D eigenvalue weighted by molar-refractivity contribution is 5.38. The van der Waals surface area contributed by atoms with E-state index in [-0.39, 0.29) is 0 Å². The second-order valence-electron chi connectivity index (χ2n) is 5.38. The smallest absolute Gasteiger partial charge is 0.126 e. The Morgan fingerprint density at radius 1 is 1.29 bits per heavy atom. The SMILES string of the molecule is CCCc1nc(CC2CCCCC2)c(N)n1C. The number of nitrogen functional groups attached to an aromatic ring is 1. The molecule has 0 saturated heterocycles. The van der Waals surface area contributed by atoms with Gasteiger partial charge in [-0.1, -0.05) is 39.0 Å². The summed E-state index contributed by atoms with van der Waals surface area (Å²) in [6, 6.07) is 0. The number of imidazole rings is 1. The lowest BCUT2D eigenvalue weighted by Gasteiger charge is -2.20. The molecule has 3 heteroatoms. The van der Waals surface area contributed by atoms with Crippen LogP contribution in [-0.4, -0.2) is 9.55 Å². The first-order valence-corrected chi connectivity index (χ1v) is 7.02. The topological polar surface area (TPSA) is 43.8 Å². The van der Waals surface area contributed by atoms with E-state index in [1.165, 1.54) is 32.1 Å². The predicted octanol–water partition coefficient (Wildman–Crippen LogP) is 3.08. The molecule has 0 aromatic carbocycles. The summed E-state index contributed by atoms with van der Waals surface area (Å²) in [6.07, 6.45) is 10.2. The van der Waals surface area contributed by atoms with Crippen LogP contribution in [0.5, 0.6) is 0 Å². The van der Waals surface area contributed by atoms with Crippen molar-refractivity contribution in [3.05, 3.63) is 11.5 Å². The monoisotopic (exact) mass is 235 g/mol. The number of aryl methyl sites for hydroxylation is 1. The Labute approximate surface area is 104 Å². The maximum Gasteiger partial charge on any atom is 0.126 e. The van der Waals surface area contributed by atoms with Crippen LogP contribution in [0.4, 0.5) is 5.82 Å².